The van der Waals surface area contributed by atoms with Gasteiger partial charge in [-0.2, -0.15) is 5.26 Å². The number of rotatable bonds is 12. The molecule has 0 radical (unpaired) electrons. The lowest BCUT2D eigenvalue weighted by atomic mass is 10.1. The molecule has 0 aliphatic heterocycles. The monoisotopic (exact) mass is 517 g/mol. The first-order valence-electron chi connectivity index (χ1n) is 13.1. The van der Waals surface area contributed by atoms with Crippen LogP contribution in [0.15, 0.2) is 53.3 Å². The Bertz CT molecular complexity index is 1360. The normalized spacial score (nSPS) is 11.5. The van der Waals surface area contributed by atoms with E-state index in [0.717, 1.165) is 25.7 Å². The maximum absolute atomic E-state index is 13.7. The molecule has 1 unspecified atom stereocenters. The van der Waals surface area contributed by atoms with Gasteiger partial charge >= 0.3 is 12.0 Å². The first-order chi connectivity index (χ1) is 18.4. The van der Waals surface area contributed by atoms with Gasteiger partial charge in [0, 0.05) is 18.8 Å². The van der Waals surface area contributed by atoms with Gasteiger partial charge in [-0.25, -0.2) is 9.78 Å². The van der Waals surface area contributed by atoms with Crippen molar-refractivity contribution in [2.75, 3.05) is 19.0 Å². The molecule has 1 N–H and O–H groups in total. The van der Waals surface area contributed by atoms with Crippen molar-refractivity contribution in [1.82, 2.24) is 14.5 Å². The number of hydrogen-bond acceptors (Lipinski definition) is 6. The fourth-order valence-electron chi connectivity index (χ4n) is 4.47. The van der Waals surface area contributed by atoms with Crippen LogP contribution in [-0.2, 0) is 16.1 Å². The minimum Gasteiger partial charge on any atom is -0.469 e. The largest absolute Gasteiger partial charge is 0.469 e. The van der Waals surface area contributed by atoms with Gasteiger partial charge in [0.1, 0.15) is 5.82 Å². The van der Waals surface area contributed by atoms with Crippen molar-refractivity contribution in [3.05, 3.63) is 70.3 Å². The number of amides is 2. The number of urea groups is 1. The molecule has 1 heterocycles. The molecule has 3 rings (SSSR count). The number of hydrogen-bond donors (Lipinski definition) is 1. The van der Waals surface area contributed by atoms with E-state index in [0.29, 0.717) is 40.9 Å². The number of nitrogens with one attached hydrogen (secondary N) is 1. The zero-order valence-electron chi connectivity index (χ0n) is 22.3. The van der Waals surface area contributed by atoms with Gasteiger partial charge in [-0.15, -0.1) is 0 Å². The molecule has 2 aromatic carbocycles. The molecule has 0 bridgehead atoms. The third kappa shape index (κ3) is 6.97. The fraction of sp³-hybridized carbons (Fsp3) is 0.414. The number of ether oxygens (including phenoxy) is 1. The van der Waals surface area contributed by atoms with Crippen LogP contribution in [0.25, 0.3) is 10.9 Å². The van der Waals surface area contributed by atoms with Gasteiger partial charge in [0.2, 0.25) is 0 Å². The average molecular weight is 518 g/mol. The van der Waals surface area contributed by atoms with E-state index in [1.54, 1.807) is 47.4 Å². The lowest BCUT2D eigenvalue weighted by Gasteiger charge is -2.32. The lowest BCUT2D eigenvalue weighted by Crippen LogP contribution is -2.41. The number of carbonyl (C=O) groups is 2. The number of anilines is 1. The molecule has 2 amide bonds. The van der Waals surface area contributed by atoms with Crippen molar-refractivity contribution >= 4 is 28.6 Å². The second kappa shape index (κ2) is 13.9. The fourth-order valence-corrected chi connectivity index (χ4v) is 4.47. The molecule has 0 aliphatic carbocycles. The standard InChI is InChI=1S/C29H35N5O4/c1-4-6-7-10-17-33(29(37)31-22-13-11-12-21(19-22)20-30)25(5-2)27-32-24-15-9-8-14-23(24)28(36)34(27)18-16-26(35)38-3/h8-9,11-15,19,25H,4-7,10,16-18H2,1-3H3,(H,31,37). The SMILES string of the molecule is CCCCCCN(C(=O)Nc1cccc(C#N)c1)C(CC)c1nc2ccccc2c(=O)n1CCC(=O)OC. The smallest absolute Gasteiger partial charge is 0.322 e. The van der Waals surface area contributed by atoms with E-state index >= 15 is 0 Å². The topological polar surface area (TPSA) is 117 Å². The van der Waals surface area contributed by atoms with E-state index in [2.05, 4.69) is 18.3 Å². The molecular weight excluding hydrogens is 482 g/mol. The highest BCUT2D eigenvalue weighted by atomic mass is 16.5. The van der Waals surface area contributed by atoms with E-state index in [4.69, 9.17) is 9.72 Å². The summed E-state index contributed by atoms with van der Waals surface area (Å²) in [5.74, 6) is -0.00730. The van der Waals surface area contributed by atoms with Gasteiger partial charge in [0.05, 0.1) is 42.1 Å². The van der Waals surface area contributed by atoms with E-state index in [9.17, 15) is 19.6 Å². The van der Waals surface area contributed by atoms with Crippen LogP contribution >= 0.6 is 0 Å². The van der Waals surface area contributed by atoms with Crippen molar-refractivity contribution in [2.24, 2.45) is 0 Å². The maximum atomic E-state index is 13.7. The molecule has 9 heteroatoms. The Hall–Kier alpha value is -4.19. The van der Waals surface area contributed by atoms with Crippen LogP contribution in [0.1, 0.15) is 69.8 Å². The van der Waals surface area contributed by atoms with Crippen LogP contribution in [-0.4, -0.2) is 40.1 Å². The number of nitrogens with zero attached hydrogens (tertiary/aromatic N) is 4. The third-order valence-corrected chi connectivity index (χ3v) is 6.48. The second-order valence-electron chi connectivity index (χ2n) is 9.07. The molecule has 1 aromatic heterocycles. The Morgan fingerprint density at radius 1 is 1.13 bits per heavy atom. The summed E-state index contributed by atoms with van der Waals surface area (Å²) in [6, 6.07) is 15.0. The Labute approximate surface area is 223 Å². The van der Waals surface area contributed by atoms with E-state index < -0.39 is 12.0 Å². The van der Waals surface area contributed by atoms with Gasteiger partial charge in [0.25, 0.3) is 5.56 Å². The van der Waals surface area contributed by atoms with Gasteiger partial charge in [-0.1, -0.05) is 51.3 Å². The van der Waals surface area contributed by atoms with Crippen molar-refractivity contribution < 1.29 is 14.3 Å². The van der Waals surface area contributed by atoms with E-state index in [1.165, 1.54) is 11.7 Å². The zero-order chi connectivity index (χ0) is 27.5. The van der Waals surface area contributed by atoms with Crippen molar-refractivity contribution in [1.29, 1.82) is 5.26 Å². The van der Waals surface area contributed by atoms with E-state index in [1.807, 2.05) is 13.0 Å². The van der Waals surface area contributed by atoms with Gasteiger partial charge in [-0.3, -0.25) is 14.2 Å². The second-order valence-corrected chi connectivity index (χ2v) is 9.07. The number of methoxy groups -OCH3 is 1. The highest BCUT2D eigenvalue weighted by Crippen LogP contribution is 2.26. The first kappa shape index (κ1) is 28.4. The van der Waals surface area contributed by atoms with Crippen molar-refractivity contribution in [3.63, 3.8) is 0 Å². The summed E-state index contributed by atoms with van der Waals surface area (Å²) in [7, 11) is 1.31. The summed E-state index contributed by atoms with van der Waals surface area (Å²) in [4.78, 5) is 45.7. The molecule has 38 heavy (non-hydrogen) atoms. The van der Waals surface area contributed by atoms with Crippen LogP contribution in [0.3, 0.4) is 0 Å². The van der Waals surface area contributed by atoms with Gasteiger partial charge in [-0.05, 0) is 43.2 Å². The summed E-state index contributed by atoms with van der Waals surface area (Å²) >= 11 is 0. The maximum Gasteiger partial charge on any atom is 0.322 e. The van der Waals surface area contributed by atoms with Gasteiger partial charge in [0.15, 0.2) is 0 Å². The number of unbranched alkanes of at least 4 members (excludes halogenated alkanes) is 3. The quantitative estimate of drug-likeness (QED) is 0.254. The number of nitriles is 1. The van der Waals surface area contributed by atoms with Gasteiger partial charge < -0.3 is 15.0 Å². The summed E-state index contributed by atoms with van der Waals surface area (Å²) in [5.41, 5.74) is 1.23. The molecule has 1 atom stereocenters. The van der Waals surface area contributed by atoms with Crippen molar-refractivity contribution in [3.8, 4) is 6.07 Å². The first-order valence-corrected chi connectivity index (χ1v) is 13.1. The Morgan fingerprint density at radius 3 is 2.63 bits per heavy atom. The summed E-state index contributed by atoms with van der Waals surface area (Å²) in [6.45, 7) is 4.62. The third-order valence-electron chi connectivity index (χ3n) is 6.48. The summed E-state index contributed by atoms with van der Waals surface area (Å²) in [6.07, 6.45) is 4.36. The number of carbonyl (C=O) groups excluding carboxylic acids is 2. The van der Waals surface area contributed by atoms with Crippen LogP contribution < -0.4 is 10.9 Å². The molecule has 0 spiro atoms. The van der Waals surface area contributed by atoms with Crippen LogP contribution in [0.5, 0.6) is 0 Å². The minimum atomic E-state index is -0.522. The van der Waals surface area contributed by atoms with Crippen LogP contribution in [0, 0.1) is 11.3 Å². The number of esters is 1. The Morgan fingerprint density at radius 2 is 1.92 bits per heavy atom. The Balaban J connectivity index is 2.06. The minimum absolute atomic E-state index is 0.00348. The number of aromatic nitrogens is 2. The number of fused-ring (bicyclic) bond motifs is 1. The molecule has 0 aliphatic rings. The van der Waals surface area contributed by atoms with Crippen LogP contribution in [0.4, 0.5) is 10.5 Å². The Kier molecular flexibility index (Phi) is 10.4. The molecule has 200 valence electrons. The molecule has 3 aromatic rings. The predicted molar refractivity (Wildman–Crippen MR) is 147 cm³/mol. The number of benzene rings is 2. The summed E-state index contributed by atoms with van der Waals surface area (Å²) in [5, 5.41) is 12.6. The molecule has 0 saturated carbocycles. The highest BCUT2D eigenvalue weighted by molar-refractivity contribution is 5.90. The molecule has 0 saturated heterocycles. The molecule has 0 fully saturated rings. The highest BCUT2D eigenvalue weighted by Gasteiger charge is 2.29. The predicted octanol–water partition coefficient (Wildman–Crippen LogP) is 5.40. The average Bonchev–Trinajstić information content (AvgIpc) is 2.94. The lowest BCUT2D eigenvalue weighted by molar-refractivity contribution is -0.140. The van der Waals surface area contributed by atoms with E-state index in [-0.39, 0.29) is 24.6 Å². The van der Waals surface area contributed by atoms with Crippen molar-refractivity contribution in [2.45, 2.75) is 65.0 Å². The number of para-hydroxylation sites is 1. The molecule has 9 nitrogen and oxygen atoms in total. The van der Waals surface area contributed by atoms with Crippen LogP contribution in [0.2, 0.25) is 0 Å². The summed E-state index contributed by atoms with van der Waals surface area (Å²) < 4.78 is 6.30. The molecular formula is C29H35N5O4. The zero-order valence-corrected chi connectivity index (χ0v) is 22.3.